The third kappa shape index (κ3) is 3.69. The van der Waals surface area contributed by atoms with Crippen LogP contribution in [0.2, 0.25) is 0 Å². The highest BCUT2D eigenvalue weighted by atomic mass is 19.4. The second-order valence-corrected chi connectivity index (χ2v) is 9.81. The van der Waals surface area contributed by atoms with Crippen LogP contribution in [0.1, 0.15) is 57.0 Å². The summed E-state index contributed by atoms with van der Waals surface area (Å²) >= 11 is 0. The molecule has 3 aliphatic rings. The van der Waals surface area contributed by atoms with E-state index < -0.39 is 17.6 Å². The first-order valence-electron chi connectivity index (χ1n) is 11.4. The summed E-state index contributed by atoms with van der Waals surface area (Å²) in [6.45, 7) is 8.97. The van der Waals surface area contributed by atoms with E-state index in [1.165, 1.54) is 6.20 Å². The fourth-order valence-electron chi connectivity index (χ4n) is 5.80. The maximum absolute atomic E-state index is 13.3. The van der Waals surface area contributed by atoms with Crippen molar-refractivity contribution in [3.05, 3.63) is 29.8 Å². The molecule has 2 aliphatic carbocycles. The van der Waals surface area contributed by atoms with Crippen LogP contribution < -0.4 is 5.73 Å². The zero-order valence-electron chi connectivity index (χ0n) is 18.6. The monoisotopic (exact) mass is 449 g/mol. The molecule has 3 atom stereocenters. The molecule has 1 saturated heterocycles. The molecule has 2 N–H and O–H groups in total. The van der Waals surface area contributed by atoms with Gasteiger partial charge in [0.05, 0.1) is 24.5 Å². The predicted octanol–water partition coefficient (Wildman–Crippen LogP) is 4.34. The molecule has 1 aliphatic heterocycles. The average molecular weight is 450 g/mol. The van der Waals surface area contributed by atoms with Crippen LogP contribution >= 0.6 is 0 Å². The summed E-state index contributed by atoms with van der Waals surface area (Å²) in [5, 5.41) is 0. The van der Waals surface area contributed by atoms with Crippen molar-refractivity contribution >= 4 is 5.82 Å². The number of anilines is 1. The summed E-state index contributed by atoms with van der Waals surface area (Å²) in [4.78, 5) is 11.1. The Morgan fingerprint density at radius 3 is 2.56 bits per heavy atom. The number of aromatic nitrogens is 3. The molecule has 2 unspecified atom stereocenters. The number of imidazole rings is 1. The lowest BCUT2D eigenvalue weighted by atomic mass is 10.1. The van der Waals surface area contributed by atoms with E-state index in [-0.39, 0.29) is 5.92 Å². The number of ether oxygens (including phenoxy) is 1. The molecule has 32 heavy (non-hydrogen) atoms. The van der Waals surface area contributed by atoms with Crippen molar-refractivity contribution in [2.75, 3.05) is 25.5 Å². The van der Waals surface area contributed by atoms with Crippen molar-refractivity contribution in [1.82, 2.24) is 19.4 Å². The molecule has 2 aromatic rings. The van der Waals surface area contributed by atoms with Crippen LogP contribution in [0.5, 0.6) is 0 Å². The van der Waals surface area contributed by atoms with Crippen LogP contribution in [0, 0.1) is 11.8 Å². The Labute approximate surface area is 186 Å². The lowest BCUT2D eigenvalue weighted by Crippen LogP contribution is -2.49. The lowest BCUT2D eigenvalue weighted by molar-refractivity contribution is -0.137. The predicted molar refractivity (Wildman–Crippen MR) is 115 cm³/mol. The summed E-state index contributed by atoms with van der Waals surface area (Å²) < 4.78 is 47.7. The Bertz CT molecular complexity index is 992. The fraction of sp³-hybridized carbons (Fsp3) is 0.652. The van der Waals surface area contributed by atoms with Gasteiger partial charge in [0.1, 0.15) is 11.6 Å². The average Bonchev–Trinajstić information content (AvgIpc) is 3.07. The number of rotatable bonds is 4. The van der Waals surface area contributed by atoms with E-state index in [0.717, 1.165) is 44.5 Å². The lowest BCUT2D eigenvalue weighted by Gasteiger charge is -2.38. The van der Waals surface area contributed by atoms with Crippen molar-refractivity contribution in [2.45, 2.75) is 63.8 Å². The number of hydrogen-bond donors (Lipinski definition) is 1. The number of alkyl halides is 3. The van der Waals surface area contributed by atoms with Gasteiger partial charge < -0.3 is 15.0 Å². The smallest absolute Gasteiger partial charge is 0.383 e. The number of nitrogens with two attached hydrogens (primary N) is 1. The minimum Gasteiger partial charge on any atom is -0.383 e. The van der Waals surface area contributed by atoms with Crippen molar-refractivity contribution in [3.8, 4) is 11.3 Å². The topological polar surface area (TPSA) is 69.2 Å². The summed E-state index contributed by atoms with van der Waals surface area (Å²) in [6, 6.07) is 2.49. The van der Waals surface area contributed by atoms with E-state index in [1.54, 1.807) is 0 Å². The maximum atomic E-state index is 13.3. The van der Waals surface area contributed by atoms with E-state index >= 15 is 0 Å². The Morgan fingerprint density at radius 2 is 1.94 bits per heavy atom. The Hall–Kier alpha value is -2.13. The van der Waals surface area contributed by atoms with Crippen molar-refractivity contribution in [3.63, 3.8) is 0 Å². The second kappa shape index (κ2) is 7.73. The third-order valence-electron chi connectivity index (χ3n) is 7.38. The largest absolute Gasteiger partial charge is 0.419 e. The first-order chi connectivity index (χ1) is 15.1. The first kappa shape index (κ1) is 21.7. The summed E-state index contributed by atoms with van der Waals surface area (Å²) in [5.41, 5.74) is 5.43. The van der Waals surface area contributed by atoms with Gasteiger partial charge in [-0.25, -0.2) is 9.97 Å². The van der Waals surface area contributed by atoms with E-state index in [2.05, 4.69) is 35.2 Å². The molecule has 5 rings (SSSR count). The normalized spacial score (nSPS) is 30.7. The highest BCUT2D eigenvalue weighted by Crippen LogP contribution is 2.62. The van der Waals surface area contributed by atoms with Gasteiger partial charge >= 0.3 is 6.18 Å². The quantitative estimate of drug-likeness (QED) is 0.752. The Kier molecular flexibility index (Phi) is 5.24. The fourth-order valence-corrected chi connectivity index (χ4v) is 5.80. The van der Waals surface area contributed by atoms with Gasteiger partial charge in [-0.3, -0.25) is 4.90 Å². The minimum absolute atomic E-state index is 0.170. The zero-order valence-corrected chi connectivity index (χ0v) is 18.6. The van der Waals surface area contributed by atoms with Crippen molar-refractivity contribution in [2.24, 2.45) is 11.8 Å². The molecule has 3 heterocycles. The molecule has 0 amide bonds. The number of nitrogens with zero attached hydrogens (tertiary/aromatic N) is 4. The van der Waals surface area contributed by atoms with Crippen LogP contribution in [-0.2, 0) is 10.9 Å². The molecule has 0 radical (unpaired) electrons. The van der Waals surface area contributed by atoms with E-state index in [4.69, 9.17) is 15.5 Å². The first-order valence-corrected chi connectivity index (χ1v) is 11.4. The molecule has 6 nitrogen and oxygen atoms in total. The Balaban J connectivity index is 1.38. The van der Waals surface area contributed by atoms with E-state index in [9.17, 15) is 13.2 Å². The van der Waals surface area contributed by atoms with Gasteiger partial charge in [0.25, 0.3) is 0 Å². The molecule has 2 aromatic heterocycles. The molecule has 3 fully saturated rings. The van der Waals surface area contributed by atoms with Crippen molar-refractivity contribution in [1.29, 1.82) is 0 Å². The van der Waals surface area contributed by atoms with Crippen LogP contribution in [-0.4, -0.2) is 51.3 Å². The summed E-state index contributed by atoms with van der Waals surface area (Å²) in [7, 11) is 0. The Morgan fingerprint density at radius 1 is 1.22 bits per heavy atom. The molecular formula is C23H30F3N5O. The highest BCUT2D eigenvalue weighted by Gasteiger charge is 2.58. The molecule has 0 aromatic carbocycles. The van der Waals surface area contributed by atoms with Crippen molar-refractivity contribution < 1.29 is 17.9 Å². The molecule has 2 saturated carbocycles. The minimum atomic E-state index is -4.55. The molecule has 0 bridgehead atoms. The zero-order chi connectivity index (χ0) is 22.8. The number of pyridine rings is 1. The number of morpholine rings is 1. The molecular weight excluding hydrogens is 419 g/mol. The van der Waals surface area contributed by atoms with Crippen LogP contribution in [0.4, 0.5) is 19.0 Å². The maximum Gasteiger partial charge on any atom is 0.419 e. The highest BCUT2D eigenvalue weighted by molar-refractivity contribution is 5.62. The summed E-state index contributed by atoms with van der Waals surface area (Å²) in [6.07, 6.45) is 1.07. The van der Waals surface area contributed by atoms with Gasteiger partial charge in [-0.1, -0.05) is 13.8 Å². The van der Waals surface area contributed by atoms with Crippen LogP contribution in [0.3, 0.4) is 0 Å². The number of hydrogen-bond acceptors (Lipinski definition) is 5. The number of nitrogen functional groups attached to an aromatic ring is 1. The SMILES string of the molecule is CC(C)c1nc(-c2cnc(N)c(C(F)(F)F)c2)cn1C1C2CC(N3CCOC[C@@H]3C)CC21. The summed E-state index contributed by atoms with van der Waals surface area (Å²) in [5.74, 6) is 1.78. The van der Waals surface area contributed by atoms with Gasteiger partial charge in [0.2, 0.25) is 0 Å². The van der Waals surface area contributed by atoms with Gasteiger partial charge in [0, 0.05) is 48.5 Å². The standard InChI is InChI=1S/C23H30F3N5O/c1-12(2)22-29-19(14-6-18(23(24,25)26)21(27)28-9-14)10-31(22)20-16-7-15(8-17(16)20)30-4-5-32-11-13(30)3/h6,9-10,12-13,15-17,20H,4-5,7-8,11H2,1-3H3,(H2,27,28)/t13-,15?,16?,17?,20?/m0/s1. The van der Waals surface area contributed by atoms with Crippen LogP contribution in [0.15, 0.2) is 18.5 Å². The van der Waals surface area contributed by atoms with Gasteiger partial charge in [0.15, 0.2) is 0 Å². The third-order valence-corrected chi connectivity index (χ3v) is 7.38. The number of halogens is 3. The second-order valence-electron chi connectivity index (χ2n) is 9.81. The van der Waals surface area contributed by atoms with E-state index in [1.807, 2.05) is 6.20 Å². The van der Waals surface area contributed by atoms with Gasteiger partial charge in [-0.15, -0.1) is 0 Å². The van der Waals surface area contributed by atoms with Gasteiger partial charge in [-0.05, 0) is 37.7 Å². The van der Waals surface area contributed by atoms with E-state index in [0.29, 0.717) is 41.2 Å². The molecule has 174 valence electrons. The molecule has 0 spiro atoms. The molecule has 9 heteroatoms. The number of fused-ring (bicyclic) bond motifs is 1. The van der Waals surface area contributed by atoms with Crippen LogP contribution in [0.25, 0.3) is 11.3 Å². The van der Waals surface area contributed by atoms with Gasteiger partial charge in [-0.2, -0.15) is 13.2 Å².